The van der Waals surface area contributed by atoms with Gasteiger partial charge in [-0.05, 0) is 55.8 Å². The normalized spacial score (nSPS) is 47.2. The van der Waals surface area contributed by atoms with E-state index in [2.05, 4.69) is 26.0 Å². The number of halogens is 1. The van der Waals surface area contributed by atoms with E-state index in [0.29, 0.717) is 24.7 Å². The standard InChI is InChI=1S/C21H29FO4/c1-20-8-7-15-13(14(20)5-6-18(20)24)4-3-12-9-16(23)17(10-21(12,15)2)26-19(25)11-22/h3-4,14-18,23-24H,5-11H2,1-2H3/t14-,15-,16+,17-,18-,20-,21-/m0/s1. The number of carbonyl (C=O) groups is 1. The van der Waals surface area contributed by atoms with Crippen LogP contribution in [0.5, 0.6) is 0 Å². The minimum Gasteiger partial charge on any atom is -0.458 e. The Morgan fingerprint density at radius 2 is 2.00 bits per heavy atom. The molecule has 0 aromatic carbocycles. The third-order valence-corrected chi connectivity index (χ3v) is 7.92. The van der Waals surface area contributed by atoms with Crippen molar-refractivity contribution in [3.05, 3.63) is 23.3 Å². The molecule has 0 amide bonds. The van der Waals surface area contributed by atoms with Gasteiger partial charge in [0.05, 0.1) is 12.2 Å². The Kier molecular flexibility index (Phi) is 4.31. The van der Waals surface area contributed by atoms with E-state index in [1.165, 1.54) is 11.1 Å². The molecular formula is C21H29FO4. The third kappa shape index (κ3) is 2.50. The summed E-state index contributed by atoms with van der Waals surface area (Å²) in [5, 5.41) is 20.9. The van der Waals surface area contributed by atoms with Gasteiger partial charge in [-0.3, -0.25) is 0 Å². The molecule has 3 fully saturated rings. The molecule has 3 saturated carbocycles. The number of aliphatic hydroxyl groups is 2. The number of alkyl halides is 1. The first-order valence-electron chi connectivity index (χ1n) is 9.82. The van der Waals surface area contributed by atoms with E-state index in [1.54, 1.807) is 0 Å². The van der Waals surface area contributed by atoms with Crippen molar-refractivity contribution in [2.24, 2.45) is 22.7 Å². The zero-order valence-electron chi connectivity index (χ0n) is 15.6. The summed E-state index contributed by atoms with van der Waals surface area (Å²) in [6.07, 6.45) is 7.54. The summed E-state index contributed by atoms with van der Waals surface area (Å²) in [6, 6.07) is 0. The molecule has 144 valence electrons. The van der Waals surface area contributed by atoms with Crippen LogP contribution in [0.2, 0.25) is 0 Å². The highest BCUT2D eigenvalue weighted by molar-refractivity contribution is 5.70. The van der Waals surface area contributed by atoms with Gasteiger partial charge in [-0.2, -0.15) is 0 Å². The van der Waals surface area contributed by atoms with Crippen LogP contribution in [-0.2, 0) is 9.53 Å². The lowest BCUT2D eigenvalue weighted by atomic mass is 9.51. The lowest BCUT2D eigenvalue weighted by Gasteiger charge is -2.55. The van der Waals surface area contributed by atoms with Crippen molar-refractivity contribution < 1.29 is 24.1 Å². The van der Waals surface area contributed by atoms with Gasteiger partial charge in [0.25, 0.3) is 0 Å². The van der Waals surface area contributed by atoms with Gasteiger partial charge in [0.2, 0.25) is 0 Å². The quantitative estimate of drug-likeness (QED) is 0.739. The number of hydrogen-bond donors (Lipinski definition) is 2. The maximum atomic E-state index is 12.6. The van der Waals surface area contributed by atoms with Crippen LogP contribution in [0.3, 0.4) is 0 Å². The molecule has 26 heavy (non-hydrogen) atoms. The minimum absolute atomic E-state index is 0.0433. The summed E-state index contributed by atoms with van der Waals surface area (Å²) in [6.45, 7) is 3.26. The van der Waals surface area contributed by atoms with Crippen molar-refractivity contribution >= 4 is 5.97 Å². The highest BCUT2D eigenvalue weighted by Crippen LogP contribution is 2.63. The monoisotopic (exact) mass is 364 g/mol. The van der Waals surface area contributed by atoms with E-state index in [0.717, 1.165) is 25.7 Å². The second-order valence-corrected chi connectivity index (χ2v) is 9.16. The van der Waals surface area contributed by atoms with E-state index >= 15 is 0 Å². The fourth-order valence-corrected chi connectivity index (χ4v) is 6.30. The predicted molar refractivity (Wildman–Crippen MR) is 94.9 cm³/mol. The molecule has 0 heterocycles. The number of rotatable bonds is 2. The molecule has 0 aliphatic heterocycles. The van der Waals surface area contributed by atoms with Gasteiger partial charge >= 0.3 is 5.97 Å². The molecule has 0 aromatic rings. The zero-order chi connectivity index (χ0) is 18.7. The lowest BCUT2D eigenvalue weighted by Crippen LogP contribution is -2.51. The number of ether oxygens (including phenoxy) is 1. The molecule has 4 aliphatic rings. The molecule has 0 saturated heterocycles. The Hall–Kier alpha value is -1.20. The van der Waals surface area contributed by atoms with Gasteiger partial charge in [-0.25, -0.2) is 9.18 Å². The summed E-state index contributed by atoms with van der Waals surface area (Å²) in [5.74, 6) is -0.165. The fraction of sp³-hybridized carbons (Fsp3) is 0.762. The van der Waals surface area contributed by atoms with Crippen molar-refractivity contribution in [3.63, 3.8) is 0 Å². The van der Waals surface area contributed by atoms with Crippen LogP contribution in [0.25, 0.3) is 0 Å². The average Bonchev–Trinajstić information content (AvgIpc) is 2.91. The number of esters is 1. The molecule has 4 nitrogen and oxygen atoms in total. The minimum atomic E-state index is -1.16. The maximum Gasteiger partial charge on any atom is 0.337 e. The molecule has 0 bridgehead atoms. The summed E-state index contributed by atoms with van der Waals surface area (Å²) < 4.78 is 17.8. The second kappa shape index (κ2) is 6.16. The molecule has 5 heteroatoms. The maximum absolute atomic E-state index is 12.6. The summed E-state index contributed by atoms with van der Waals surface area (Å²) >= 11 is 0. The van der Waals surface area contributed by atoms with Gasteiger partial charge in [0.15, 0.2) is 6.67 Å². The van der Waals surface area contributed by atoms with Crippen molar-refractivity contribution in [2.45, 2.75) is 70.7 Å². The first-order chi connectivity index (χ1) is 12.3. The highest BCUT2D eigenvalue weighted by atomic mass is 19.1. The van der Waals surface area contributed by atoms with Crippen LogP contribution in [0.15, 0.2) is 23.3 Å². The number of hydrogen-bond acceptors (Lipinski definition) is 4. The van der Waals surface area contributed by atoms with E-state index in [4.69, 9.17) is 4.74 Å². The van der Waals surface area contributed by atoms with Crippen molar-refractivity contribution in [1.29, 1.82) is 0 Å². The topological polar surface area (TPSA) is 66.8 Å². The predicted octanol–water partition coefficient (Wildman–Crippen LogP) is 3.08. The highest BCUT2D eigenvalue weighted by Gasteiger charge is 2.57. The van der Waals surface area contributed by atoms with Gasteiger partial charge in [-0.15, -0.1) is 0 Å². The van der Waals surface area contributed by atoms with Gasteiger partial charge in [-0.1, -0.05) is 37.1 Å². The summed E-state index contributed by atoms with van der Waals surface area (Å²) in [5.41, 5.74) is 2.39. The molecule has 0 unspecified atom stereocenters. The van der Waals surface area contributed by atoms with Crippen LogP contribution in [0.1, 0.15) is 52.4 Å². The fourth-order valence-electron chi connectivity index (χ4n) is 6.30. The Labute approximate surface area is 154 Å². The van der Waals surface area contributed by atoms with Gasteiger partial charge in [0.1, 0.15) is 6.10 Å². The van der Waals surface area contributed by atoms with Crippen LogP contribution in [0, 0.1) is 22.7 Å². The number of carbonyl (C=O) groups excluding carboxylic acids is 1. The number of fused-ring (bicyclic) bond motifs is 5. The summed E-state index contributed by atoms with van der Waals surface area (Å²) in [4.78, 5) is 11.4. The van der Waals surface area contributed by atoms with Crippen LogP contribution < -0.4 is 0 Å². The third-order valence-electron chi connectivity index (χ3n) is 7.92. The van der Waals surface area contributed by atoms with Crippen molar-refractivity contribution in [1.82, 2.24) is 0 Å². The first-order valence-corrected chi connectivity index (χ1v) is 9.82. The van der Waals surface area contributed by atoms with Crippen molar-refractivity contribution in [3.8, 4) is 0 Å². The van der Waals surface area contributed by atoms with E-state index < -0.39 is 24.9 Å². The second-order valence-electron chi connectivity index (χ2n) is 9.16. The molecule has 7 atom stereocenters. The first kappa shape index (κ1) is 18.2. The summed E-state index contributed by atoms with van der Waals surface area (Å²) in [7, 11) is 0. The molecule has 4 aliphatic carbocycles. The average molecular weight is 364 g/mol. The van der Waals surface area contributed by atoms with E-state index in [9.17, 15) is 19.4 Å². The van der Waals surface area contributed by atoms with Crippen LogP contribution in [0.4, 0.5) is 4.39 Å². The van der Waals surface area contributed by atoms with Gasteiger partial charge in [0, 0.05) is 5.41 Å². The van der Waals surface area contributed by atoms with E-state index in [-0.39, 0.29) is 16.9 Å². The molecule has 0 spiro atoms. The molecule has 0 radical (unpaired) electrons. The Bertz CT molecular complexity index is 671. The largest absolute Gasteiger partial charge is 0.458 e. The molecule has 4 rings (SSSR count). The molecule has 0 aromatic heterocycles. The van der Waals surface area contributed by atoms with Gasteiger partial charge < -0.3 is 14.9 Å². The molecular weight excluding hydrogens is 335 g/mol. The van der Waals surface area contributed by atoms with Crippen molar-refractivity contribution in [2.75, 3.05) is 6.67 Å². The smallest absolute Gasteiger partial charge is 0.337 e. The zero-order valence-corrected chi connectivity index (χ0v) is 15.6. The molecule has 2 N–H and O–H groups in total. The lowest BCUT2D eigenvalue weighted by molar-refractivity contribution is -0.161. The number of aliphatic hydroxyl groups excluding tert-OH is 2. The Morgan fingerprint density at radius 1 is 1.23 bits per heavy atom. The number of allylic oxidation sites excluding steroid dienone is 3. The van der Waals surface area contributed by atoms with E-state index in [1.807, 2.05) is 0 Å². The Morgan fingerprint density at radius 3 is 2.73 bits per heavy atom. The SMILES string of the molecule is C[C@]12CC[C@H]3C(=CC=C4C[C@@H](O)[C@@H](OC(=O)CF)C[C@@]43C)[C@@H]1CC[C@@H]2O. The Balaban J connectivity index is 1.64. The van der Waals surface area contributed by atoms with Crippen LogP contribution in [-0.4, -0.2) is 41.2 Å². The van der Waals surface area contributed by atoms with Crippen LogP contribution >= 0.6 is 0 Å².